The number of piperidine rings is 1. The number of nitrogens with zero attached hydrogens (tertiary/aromatic N) is 2. The molecule has 0 unspecified atom stereocenters. The number of ether oxygens (including phenoxy) is 1. The van der Waals surface area contributed by atoms with Gasteiger partial charge in [-0.05, 0) is 37.5 Å². The van der Waals surface area contributed by atoms with Gasteiger partial charge in [-0.25, -0.2) is 18.1 Å². The van der Waals surface area contributed by atoms with Crippen LogP contribution in [0.15, 0.2) is 23.1 Å². The van der Waals surface area contributed by atoms with E-state index < -0.39 is 16.1 Å². The van der Waals surface area contributed by atoms with Crippen LogP contribution in [0.2, 0.25) is 5.02 Å². The molecule has 0 aromatic heterocycles. The van der Waals surface area contributed by atoms with Gasteiger partial charge in [0, 0.05) is 24.2 Å². The summed E-state index contributed by atoms with van der Waals surface area (Å²) in [5, 5.41) is 0.399. The van der Waals surface area contributed by atoms with Crippen molar-refractivity contribution in [2.45, 2.75) is 30.7 Å². The van der Waals surface area contributed by atoms with E-state index in [4.69, 9.17) is 16.3 Å². The average Bonchev–Trinajstić information content (AvgIpc) is 2.89. The number of aryl methyl sites for hydroxylation is 1. The Bertz CT molecular complexity index is 771. The molecule has 2 fully saturated rings. The first-order valence-corrected chi connectivity index (χ1v) is 9.37. The fourth-order valence-electron chi connectivity index (χ4n) is 2.94. The molecule has 2 heterocycles. The van der Waals surface area contributed by atoms with Gasteiger partial charge >= 0.3 is 6.09 Å². The van der Waals surface area contributed by atoms with Crippen LogP contribution in [0.3, 0.4) is 0 Å². The average molecular weight is 373 g/mol. The largest absolute Gasteiger partial charge is 0.439 e. The van der Waals surface area contributed by atoms with Crippen molar-refractivity contribution >= 4 is 33.6 Å². The highest BCUT2D eigenvalue weighted by molar-refractivity contribution is 7.89. The van der Waals surface area contributed by atoms with Crippen molar-refractivity contribution in [1.82, 2.24) is 9.21 Å². The van der Waals surface area contributed by atoms with Gasteiger partial charge in [-0.3, -0.25) is 4.79 Å². The van der Waals surface area contributed by atoms with Gasteiger partial charge < -0.3 is 4.74 Å². The van der Waals surface area contributed by atoms with E-state index in [-0.39, 0.29) is 36.5 Å². The minimum absolute atomic E-state index is 0.146. The van der Waals surface area contributed by atoms with E-state index in [9.17, 15) is 18.0 Å². The molecule has 1 aromatic carbocycles. The number of hydrogen-bond donors (Lipinski definition) is 0. The second kappa shape index (κ2) is 6.34. The highest BCUT2D eigenvalue weighted by Crippen LogP contribution is 2.27. The number of halogens is 1. The molecule has 2 amide bonds. The molecule has 9 heteroatoms. The van der Waals surface area contributed by atoms with Gasteiger partial charge in [0.05, 0.1) is 4.90 Å². The number of carbonyl (C=O) groups is 2. The Labute approximate surface area is 145 Å². The van der Waals surface area contributed by atoms with Gasteiger partial charge in [-0.15, -0.1) is 0 Å². The molecule has 0 N–H and O–H groups in total. The lowest BCUT2D eigenvalue weighted by molar-refractivity contribution is -0.127. The van der Waals surface area contributed by atoms with Crippen LogP contribution in [-0.2, 0) is 19.6 Å². The predicted octanol–water partition coefficient (Wildman–Crippen LogP) is 1.78. The smallest absolute Gasteiger partial charge is 0.417 e. The van der Waals surface area contributed by atoms with E-state index in [1.165, 1.54) is 16.4 Å². The van der Waals surface area contributed by atoms with Crippen molar-refractivity contribution in [3.8, 4) is 0 Å². The van der Waals surface area contributed by atoms with Gasteiger partial charge in [0.25, 0.3) is 5.91 Å². The monoisotopic (exact) mass is 372 g/mol. The summed E-state index contributed by atoms with van der Waals surface area (Å²) in [6.45, 7) is 2.03. The van der Waals surface area contributed by atoms with Crippen LogP contribution in [0.5, 0.6) is 0 Å². The molecule has 0 atom stereocenters. The summed E-state index contributed by atoms with van der Waals surface area (Å²) in [5.41, 5.74) is 0.806. The number of benzene rings is 1. The topological polar surface area (TPSA) is 84.0 Å². The Morgan fingerprint density at radius 3 is 2.42 bits per heavy atom. The van der Waals surface area contributed by atoms with Crippen LogP contribution in [0, 0.1) is 6.92 Å². The van der Waals surface area contributed by atoms with Gasteiger partial charge in [0.1, 0.15) is 0 Å². The Balaban J connectivity index is 1.72. The number of imide groups is 1. The maximum atomic E-state index is 12.7. The third kappa shape index (κ3) is 3.01. The van der Waals surface area contributed by atoms with Crippen molar-refractivity contribution in [3.05, 3.63) is 28.8 Å². The summed E-state index contributed by atoms with van der Waals surface area (Å²) in [5.74, 6) is -0.369. The van der Waals surface area contributed by atoms with Crippen LogP contribution >= 0.6 is 11.6 Å². The second-order valence-electron chi connectivity index (χ2n) is 5.86. The van der Waals surface area contributed by atoms with E-state index in [1.807, 2.05) is 0 Å². The standard InChI is InChI=1S/C15H17ClN2O5S/c1-10-2-3-12(8-13(10)16)24(21,22)17-6-4-11(5-7-17)18-14(19)9-23-15(18)20/h2-3,8,11H,4-7,9H2,1H3. The quantitative estimate of drug-likeness (QED) is 0.807. The number of cyclic esters (lactones) is 1. The van der Waals surface area contributed by atoms with Gasteiger partial charge in [0.15, 0.2) is 6.61 Å². The molecule has 1 aromatic rings. The number of amides is 2. The van der Waals surface area contributed by atoms with Crippen molar-refractivity contribution in [1.29, 1.82) is 0 Å². The number of hydrogen-bond acceptors (Lipinski definition) is 5. The van der Waals surface area contributed by atoms with E-state index in [0.717, 1.165) is 10.5 Å². The van der Waals surface area contributed by atoms with Crippen molar-refractivity contribution in [3.63, 3.8) is 0 Å². The van der Waals surface area contributed by atoms with Gasteiger partial charge in [-0.1, -0.05) is 17.7 Å². The molecule has 0 radical (unpaired) electrons. The molecule has 0 aliphatic carbocycles. The lowest BCUT2D eigenvalue weighted by atomic mass is 10.1. The van der Waals surface area contributed by atoms with Gasteiger partial charge in [0.2, 0.25) is 10.0 Å². The van der Waals surface area contributed by atoms with Crippen LogP contribution < -0.4 is 0 Å². The lowest BCUT2D eigenvalue weighted by Crippen LogP contribution is -2.48. The van der Waals surface area contributed by atoms with Crippen molar-refractivity contribution < 1.29 is 22.7 Å². The molecule has 3 rings (SSSR count). The maximum Gasteiger partial charge on any atom is 0.417 e. The summed E-state index contributed by atoms with van der Waals surface area (Å²) in [4.78, 5) is 24.5. The number of rotatable bonds is 3. The third-order valence-corrected chi connectivity index (χ3v) is 6.66. The first-order valence-electron chi connectivity index (χ1n) is 7.56. The summed E-state index contributed by atoms with van der Waals surface area (Å²) in [6, 6.07) is 4.32. The van der Waals surface area contributed by atoms with Crippen LogP contribution in [-0.4, -0.2) is 55.4 Å². The maximum absolute atomic E-state index is 12.7. The van der Waals surface area contributed by atoms with Crippen molar-refractivity contribution in [2.24, 2.45) is 0 Å². The normalized spacial score (nSPS) is 20.5. The summed E-state index contributed by atoms with van der Waals surface area (Å²) in [6.07, 6.45) is 0.130. The molecule has 130 valence electrons. The molecule has 7 nitrogen and oxygen atoms in total. The van der Waals surface area contributed by atoms with Gasteiger partial charge in [-0.2, -0.15) is 4.31 Å². The van der Waals surface area contributed by atoms with Crippen LogP contribution in [0.4, 0.5) is 4.79 Å². The highest BCUT2D eigenvalue weighted by Gasteiger charge is 2.40. The highest BCUT2D eigenvalue weighted by atomic mass is 35.5. The van der Waals surface area contributed by atoms with Crippen LogP contribution in [0.25, 0.3) is 0 Å². The molecule has 24 heavy (non-hydrogen) atoms. The Morgan fingerprint density at radius 2 is 1.88 bits per heavy atom. The first kappa shape index (κ1) is 17.2. The zero-order valence-electron chi connectivity index (χ0n) is 13.1. The fourth-order valence-corrected chi connectivity index (χ4v) is 4.68. The minimum atomic E-state index is -3.65. The minimum Gasteiger partial charge on any atom is -0.439 e. The molecule has 0 bridgehead atoms. The third-order valence-electron chi connectivity index (χ3n) is 4.35. The summed E-state index contributed by atoms with van der Waals surface area (Å²) in [7, 11) is -3.65. The SMILES string of the molecule is Cc1ccc(S(=O)(=O)N2CCC(N3C(=O)COC3=O)CC2)cc1Cl. The van der Waals surface area contributed by atoms with E-state index in [1.54, 1.807) is 13.0 Å². The molecule has 2 aliphatic rings. The zero-order valence-corrected chi connectivity index (χ0v) is 14.6. The number of carbonyl (C=O) groups excluding carboxylic acids is 2. The van der Waals surface area contributed by atoms with Crippen molar-refractivity contribution in [2.75, 3.05) is 19.7 Å². The van der Waals surface area contributed by atoms with Crippen LogP contribution in [0.1, 0.15) is 18.4 Å². The van der Waals surface area contributed by atoms with E-state index >= 15 is 0 Å². The Kier molecular flexibility index (Phi) is 4.54. The molecule has 2 aliphatic heterocycles. The summed E-state index contributed by atoms with van der Waals surface area (Å²) >= 11 is 6.02. The molecule has 2 saturated heterocycles. The van der Waals surface area contributed by atoms with E-state index in [0.29, 0.717) is 17.9 Å². The lowest BCUT2D eigenvalue weighted by Gasteiger charge is -2.34. The number of sulfonamides is 1. The molecule has 0 spiro atoms. The predicted molar refractivity (Wildman–Crippen MR) is 86.2 cm³/mol. The Hall–Kier alpha value is -1.64. The first-order chi connectivity index (χ1) is 11.3. The fraction of sp³-hybridized carbons (Fsp3) is 0.467. The molecular formula is C15H17ClN2O5S. The molecular weight excluding hydrogens is 356 g/mol. The zero-order chi connectivity index (χ0) is 17.5. The second-order valence-corrected chi connectivity index (χ2v) is 8.21. The summed E-state index contributed by atoms with van der Waals surface area (Å²) < 4.78 is 31.5. The molecule has 0 saturated carbocycles. The Morgan fingerprint density at radius 1 is 1.21 bits per heavy atom. The van der Waals surface area contributed by atoms with E-state index in [2.05, 4.69) is 0 Å².